The van der Waals surface area contributed by atoms with E-state index in [9.17, 15) is 9.59 Å². The Kier molecular flexibility index (Phi) is 4.50. The van der Waals surface area contributed by atoms with Crippen molar-refractivity contribution in [2.24, 2.45) is 0 Å². The summed E-state index contributed by atoms with van der Waals surface area (Å²) in [7, 11) is 1.28. The van der Waals surface area contributed by atoms with Crippen LogP contribution in [0.3, 0.4) is 0 Å². The number of methoxy groups -OCH3 is 1. The minimum atomic E-state index is -0.556. The van der Waals surface area contributed by atoms with Gasteiger partial charge in [0.15, 0.2) is 0 Å². The molecule has 21 heavy (non-hydrogen) atoms. The first-order valence-electron chi connectivity index (χ1n) is 6.30. The number of nitrogens with one attached hydrogen (secondary N) is 3. The second-order valence-corrected chi connectivity index (χ2v) is 4.11. The maximum absolute atomic E-state index is 11.9. The summed E-state index contributed by atoms with van der Waals surface area (Å²) >= 11 is 0. The quantitative estimate of drug-likeness (QED) is 0.795. The zero-order valence-electron chi connectivity index (χ0n) is 11.6. The Morgan fingerprint density at radius 2 is 1.81 bits per heavy atom. The average molecular weight is 289 g/mol. The van der Waals surface area contributed by atoms with Gasteiger partial charge in [-0.3, -0.25) is 15.2 Å². The topological polar surface area (TPSA) is 109 Å². The van der Waals surface area contributed by atoms with Crippen LogP contribution >= 0.6 is 0 Å². The highest BCUT2D eigenvalue weighted by molar-refractivity contribution is 6.01. The first-order chi connectivity index (χ1) is 10.1. The van der Waals surface area contributed by atoms with Crippen molar-refractivity contribution in [3.05, 3.63) is 35.9 Å². The van der Waals surface area contributed by atoms with Crippen molar-refractivity contribution < 1.29 is 14.3 Å². The van der Waals surface area contributed by atoms with E-state index < -0.39 is 12.0 Å². The molecule has 0 aliphatic heterocycles. The highest BCUT2D eigenvalue weighted by Gasteiger charge is 2.12. The number of anilines is 2. The molecule has 0 radical (unpaired) electrons. The number of carbonyl (C=O) groups excluding carboxylic acids is 2. The number of carbonyl (C=O) groups is 2. The van der Waals surface area contributed by atoms with Gasteiger partial charge in [0.2, 0.25) is 5.82 Å². The number of hydrogen-bond donors (Lipinski definition) is 3. The third kappa shape index (κ3) is 3.78. The van der Waals surface area contributed by atoms with Gasteiger partial charge in [-0.2, -0.15) is 0 Å². The number of hydrogen-bond acceptors (Lipinski definition) is 5. The number of nitrogens with zero attached hydrogens (tertiary/aromatic N) is 2. The Morgan fingerprint density at radius 1 is 1.19 bits per heavy atom. The van der Waals surface area contributed by atoms with E-state index in [1.54, 1.807) is 24.3 Å². The SMILES string of the molecule is CCc1nc(C(=O)Nc2ccc(NC(=O)OC)cc2)n[nH]1. The fourth-order valence-electron chi connectivity index (χ4n) is 1.55. The summed E-state index contributed by atoms with van der Waals surface area (Å²) in [6.45, 7) is 1.91. The van der Waals surface area contributed by atoms with Crippen LogP contribution in [-0.2, 0) is 11.2 Å². The predicted molar refractivity (Wildman–Crippen MR) is 76.2 cm³/mol. The van der Waals surface area contributed by atoms with Gasteiger partial charge in [-0.25, -0.2) is 9.78 Å². The lowest BCUT2D eigenvalue weighted by molar-refractivity contribution is 0.101. The molecule has 8 heteroatoms. The smallest absolute Gasteiger partial charge is 0.411 e. The summed E-state index contributed by atoms with van der Waals surface area (Å²) in [6.07, 6.45) is 0.119. The Hall–Kier alpha value is -2.90. The van der Waals surface area contributed by atoms with Crippen LogP contribution < -0.4 is 10.6 Å². The number of H-pyrrole nitrogens is 1. The standard InChI is InChI=1S/C13H15N5O3/c1-3-10-16-11(18-17-10)12(19)14-8-4-6-9(7-5-8)15-13(20)21-2/h4-7H,3H2,1-2H3,(H,14,19)(H,15,20)(H,16,17,18). The number of aryl methyl sites for hydroxylation is 1. The summed E-state index contributed by atoms with van der Waals surface area (Å²) < 4.78 is 4.48. The van der Waals surface area contributed by atoms with Crippen molar-refractivity contribution in [1.29, 1.82) is 0 Å². The molecule has 2 aromatic rings. The van der Waals surface area contributed by atoms with Crippen molar-refractivity contribution in [3.8, 4) is 0 Å². The van der Waals surface area contributed by atoms with E-state index in [1.165, 1.54) is 7.11 Å². The lowest BCUT2D eigenvalue weighted by atomic mass is 10.3. The molecule has 8 nitrogen and oxygen atoms in total. The molecule has 110 valence electrons. The molecule has 1 aromatic heterocycles. The van der Waals surface area contributed by atoms with Gasteiger partial charge in [-0.15, -0.1) is 5.10 Å². The predicted octanol–water partition coefficient (Wildman–Crippen LogP) is 1.80. The van der Waals surface area contributed by atoms with Crippen LogP contribution in [0.2, 0.25) is 0 Å². The Balaban J connectivity index is 1.99. The van der Waals surface area contributed by atoms with Crippen LogP contribution in [0.4, 0.5) is 16.2 Å². The summed E-state index contributed by atoms with van der Waals surface area (Å²) in [5.41, 5.74) is 1.13. The molecule has 0 saturated carbocycles. The van der Waals surface area contributed by atoms with Crippen molar-refractivity contribution in [2.75, 3.05) is 17.7 Å². The van der Waals surface area contributed by atoms with E-state index in [0.717, 1.165) is 0 Å². The molecule has 2 amide bonds. The summed E-state index contributed by atoms with van der Waals surface area (Å²) in [5, 5.41) is 11.7. The molecule has 0 aliphatic carbocycles. The number of ether oxygens (including phenoxy) is 1. The van der Waals surface area contributed by atoms with Crippen molar-refractivity contribution in [3.63, 3.8) is 0 Å². The number of rotatable bonds is 4. The molecule has 1 aromatic carbocycles. The van der Waals surface area contributed by atoms with Gasteiger partial charge in [0.25, 0.3) is 5.91 Å². The Morgan fingerprint density at radius 3 is 2.33 bits per heavy atom. The Labute approximate surface area is 120 Å². The molecular formula is C13H15N5O3. The van der Waals surface area contributed by atoms with Crippen LogP contribution in [0.15, 0.2) is 24.3 Å². The zero-order valence-corrected chi connectivity index (χ0v) is 11.6. The monoisotopic (exact) mass is 289 g/mol. The first kappa shape index (κ1) is 14.5. The van der Waals surface area contributed by atoms with Gasteiger partial charge < -0.3 is 10.1 Å². The molecule has 0 bridgehead atoms. The third-order valence-electron chi connectivity index (χ3n) is 2.64. The van der Waals surface area contributed by atoms with E-state index in [4.69, 9.17) is 0 Å². The second kappa shape index (κ2) is 6.51. The third-order valence-corrected chi connectivity index (χ3v) is 2.64. The number of amides is 2. The molecule has 0 unspecified atom stereocenters. The van der Waals surface area contributed by atoms with Crippen LogP contribution in [0.1, 0.15) is 23.4 Å². The van der Waals surface area contributed by atoms with E-state index in [-0.39, 0.29) is 5.82 Å². The lowest BCUT2D eigenvalue weighted by Gasteiger charge is -2.05. The van der Waals surface area contributed by atoms with E-state index in [1.807, 2.05) is 6.92 Å². The molecule has 2 rings (SSSR count). The largest absolute Gasteiger partial charge is 0.453 e. The zero-order chi connectivity index (χ0) is 15.2. The van der Waals surface area contributed by atoms with Gasteiger partial charge in [0, 0.05) is 17.8 Å². The van der Waals surface area contributed by atoms with Crippen molar-refractivity contribution >= 4 is 23.4 Å². The molecular weight excluding hydrogens is 274 g/mol. The second-order valence-electron chi connectivity index (χ2n) is 4.11. The minimum Gasteiger partial charge on any atom is -0.453 e. The van der Waals surface area contributed by atoms with Crippen LogP contribution in [0.5, 0.6) is 0 Å². The molecule has 3 N–H and O–H groups in total. The highest BCUT2D eigenvalue weighted by atomic mass is 16.5. The molecule has 1 heterocycles. The molecule has 0 aliphatic rings. The van der Waals surface area contributed by atoms with Crippen molar-refractivity contribution in [1.82, 2.24) is 15.2 Å². The van der Waals surface area contributed by atoms with Gasteiger partial charge in [-0.05, 0) is 24.3 Å². The normalized spacial score (nSPS) is 10.0. The van der Waals surface area contributed by atoms with Crippen LogP contribution in [-0.4, -0.2) is 34.3 Å². The van der Waals surface area contributed by atoms with Crippen molar-refractivity contribution in [2.45, 2.75) is 13.3 Å². The number of aromatic nitrogens is 3. The molecule has 0 atom stereocenters. The van der Waals surface area contributed by atoms with E-state index in [2.05, 4.69) is 30.6 Å². The fourth-order valence-corrected chi connectivity index (χ4v) is 1.55. The van der Waals surface area contributed by atoms with E-state index in [0.29, 0.717) is 23.6 Å². The fraction of sp³-hybridized carbons (Fsp3) is 0.231. The molecule has 0 spiro atoms. The van der Waals surface area contributed by atoms with Gasteiger partial charge in [0.05, 0.1) is 7.11 Å². The maximum Gasteiger partial charge on any atom is 0.411 e. The Bertz CT molecular complexity index is 636. The van der Waals surface area contributed by atoms with Crippen LogP contribution in [0.25, 0.3) is 0 Å². The highest BCUT2D eigenvalue weighted by Crippen LogP contribution is 2.14. The first-order valence-corrected chi connectivity index (χ1v) is 6.30. The molecule has 0 fully saturated rings. The average Bonchev–Trinajstić information content (AvgIpc) is 2.98. The summed E-state index contributed by atoms with van der Waals surface area (Å²) in [5.74, 6) is 0.334. The van der Waals surface area contributed by atoms with Gasteiger partial charge in [-0.1, -0.05) is 6.92 Å². The maximum atomic E-state index is 11.9. The lowest BCUT2D eigenvalue weighted by Crippen LogP contribution is -2.14. The van der Waals surface area contributed by atoms with E-state index >= 15 is 0 Å². The van der Waals surface area contributed by atoms with Gasteiger partial charge in [0.1, 0.15) is 5.82 Å². The summed E-state index contributed by atoms with van der Waals surface area (Å²) in [4.78, 5) is 27.0. The summed E-state index contributed by atoms with van der Waals surface area (Å²) in [6, 6.07) is 6.58. The van der Waals surface area contributed by atoms with Crippen LogP contribution in [0, 0.1) is 0 Å². The van der Waals surface area contributed by atoms with Gasteiger partial charge >= 0.3 is 6.09 Å². The number of benzene rings is 1. The minimum absolute atomic E-state index is 0.0867. The molecule has 0 saturated heterocycles. The number of aromatic amines is 1.